The summed E-state index contributed by atoms with van der Waals surface area (Å²) in [6.07, 6.45) is 0.986. The van der Waals surface area contributed by atoms with Gasteiger partial charge >= 0.3 is 0 Å². The lowest BCUT2D eigenvalue weighted by Gasteiger charge is -2.18. The Morgan fingerprint density at radius 2 is 1.95 bits per heavy atom. The van der Waals surface area contributed by atoms with Crippen molar-refractivity contribution in [2.75, 3.05) is 38.0 Å². The van der Waals surface area contributed by atoms with Gasteiger partial charge in [0.05, 0.1) is 0 Å². The van der Waals surface area contributed by atoms with Crippen molar-refractivity contribution >= 4 is 23.3 Å². The topological polar surface area (TPSA) is 57.3 Å². The Morgan fingerprint density at radius 3 is 2.57 bits per heavy atom. The minimum atomic E-state index is -0.119. The Hall–Kier alpha value is -1.33. The maximum Gasteiger partial charge on any atom is 0.251 e. The van der Waals surface area contributed by atoms with Gasteiger partial charge in [0.15, 0.2) is 0 Å². The predicted octanol–water partition coefficient (Wildman–Crippen LogP) is 2.63. The normalized spacial score (nSPS) is 10.7. The molecule has 1 aromatic heterocycles. The SMILES string of the molecule is CCCNc1cc(C(=O)NCCN(CC)CC)cc(Cl)n1. The molecule has 1 aromatic rings. The van der Waals surface area contributed by atoms with Gasteiger partial charge in [-0.25, -0.2) is 4.98 Å². The van der Waals surface area contributed by atoms with Crippen LogP contribution in [-0.2, 0) is 0 Å². The van der Waals surface area contributed by atoms with Gasteiger partial charge in [0.1, 0.15) is 11.0 Å². The zero-order valence-corrected chi connectivity index (χ0v) is 13.8. The lowest BCUT2D eigenvalue weighted by Crippen LogP contribution is -2.34. The highest BCUT2D eigenvalue weighted by molar-refractivity contribution is 6.29. The van der Waals surface area contributed by atoms with E-state index in [9.17, 15) is 4.79 Å². The van der Waals surface area contributed by atoms with E-state index in [0.717, 1.165) is 32.6 Å². The van der Waals surface area contributed by atoms with E-state index >= 15 is 0 Å². The van der Waals surface area contributed by atoms with Crippen LogP contribution in [0, 0.1) is 0 Å². The quantitative estimate of drug-likeness (QED) is 0.688. The van der Waals surface area contributed by atoms with Crippen molar-refractivity contribution < 1.29 is 4.79 Å². The van der Waals surface area contributed by atoms with E-state index in [1.54, 1.807) is 12.1 Å². The molecule has 21 heavy (non-hydrogen) atoms. The van der Waals surface area contributed by atoms with Gasteiger partial charge in [-0.05, 0) is 31.6 Å². The zero-order valence-electron chi connectivity index (χ0n) is 13.1. The summed E-state index contributed by atoms with van der Waals surface area (Å²) in [5.74, 6) is 0.518. The minimum absolute atomic E-state index is 0.119. The van der Waals surface area contributed by atoms with Crippen LogP contribution >= 0.6 is 11.6 Å². The second-order valence-corrected chi connectivity index (χ2v) is 5.16. The highest BCUT2D eigenvalue weighted by Crippen LogP contribution is 2.14. The van der Waals surface area contributed by atoms with Crippen molar-refractivity contribution in [3.8, 4) is 0 Å². The second kappa shape index (κ2) is 9.58. The van der Waals surface area contributed by atoms with E-state index in [2.05, 4.69) is 41.3 Å². The number of carbonyl (C=O) groups excluding carboxylic acids is 1. The summed E-state index contributed by atoms with van der Waals surface area (Å²) in [6.45, 7) is 10.5. The summed E-state index contributed by atoms with van der Waals surface area (Å²) in [4.78, 5) is 18.6. The first-order chi connectivity index (χ1) is 10.1. The van der Waals surface area contributed by atoms with Gasteiger partial charge in [-0.15, -0.1) is 0 Å². The van der Waals surface area contributed by atoms with Crippen LogP contribution in [0.2, 0.25) is 5.15 Å². The van der Waals surface area contributed by atoms with Crippen LogP contribution in [-0.4, -0.2) is 48.5 Å². The fraction of sp³-hybridized carbons (Fsp3) is 0.600. The predicted molar refractivity (Wildman–Crippen MR) is 88.1 cm³/mol. The van der Waals surface area contributed by atoms with Crippen molar-refractivity contribution in [1.82, 2.24) is 15.2 Å². The van der Waals surface area contributed by atoms with Gasteiger partial charge in [-0.2, -0.15) is 0 Å². The summed E-state index contributed by atoms with van der Waals surface area (Å²) >= 11 is 5.96. The summed E-state index contributed by atoms with van der Waals surface area (Å²) in [7, 11) is 0. The monoisotopic (exact) mass is 312 g/mol. The molecule has 1 rings (SSSR count). The first-order valence-corrected chi connectivity index (χ1v) is 7.90. The van der Waals surface area contributed by atoms with Gasteiger partial charge in [0.2, 0.25) is 0 Å². The molecule has 0 aliphatic heterocycles. The van der Waals surface area contributed by atoms with Crippen LogP contribution in [0.4, 0.5) is 5.82 Å². The van der Waals surface area contributed by atoms with E-state index < -0.39 is 0 Å². The highest BCUT2D eigenvalue weighted by atomic mass is 35.5. The number of amides is 1. The molecule has 118 valence electrons. The average Bonchev–Trinajstić information content (AvgIpc) is 2.48. The Morgan fingerprint density at radius 1 is 1.24 bits per heavy atom. The van der Waals surface area contributed by atoms with Crippen molar-refractivity contribution in [1.29, 1.82) is 0 Å². The van der Waals surface area contributed by atoms with Crippen LogP contribution in [0.15, 0.2) is 12.1 Å². The van der Waals surface area contributed by atoms with E-state index in [1.165, 1.54) is 0 Å². The fourth-order valence-corrected chi connectivity index (χ4v) is 2.15. The molecule has 0 fully saturated rings. The Bertz CT molecular complexity index is 449. The molecule has 0 atom stereocenters. The third kappa shape index (κ3) is 6.31. The van der Waals surface area contributed by atoms with E-state index in [0.29, 0.717) is 23.1 Å². The molecule has 0 saturated heterocycles. The molecule has 0 saturated carbocycles. The van der Waals surface area contributed by atoms with Crippen LogP contribution in [0.3, 0.4) is 0 Å². The lowest BCUT2D eigenvalue weighted by molar-refractivity contribution is 0.0949. The average molecular weight is 313 g/mol. The Labute approximate surface area is 132 Å². The third-order valence-electron chi connectivity index (χ3n) is 3.22. The van der Waals surface area contributed by atoms with Crippen molar-refractivity contribution in [3.63, 3.8) is 0 Å². The molecule has 0 bridgehead atoms. The number of anilines is 1. The van der Waals surface area contributed by atoms with Crippen LogP contribution in [0.5, 0.6) is 0 Å². The maximum atomic E-state index is 12.1. The molecule has 1 amide bonds. The molecule has 0 unspecified atom stereocenters. The van der Waals surface area contributed by atoms with Crippen molar-refractivity contribution in [2.24, 2.45) is 0 Å². The largest absolute Gasteiger partial charge is 0.370 e. The van der Waals surface area contributed by atoms with Gasteiger partial charge in [-0.3, -0.25) is 4.79 Å². The minimum Gasteiger partial charge on any atom is -0.370 e. The molecule has 0 aromatic carbocycles. The van der Waals surface area contributed by atoms with Gasteiger partial charge < -0.3 is 15.5 Å². The molecule has 0 aliphatic rings. The Balaban J connectivity index is 2.58. The lowest BCUT2D eigenvalue weighted by atomic mass is 10.2. The fourth-order valence-electron chi connectivity index (χ4n) is 1.94. The molecular formula is C15H25ClN4O. The van der Waals surface area contributed by atoms with E-state index in [1.807, 2.05) is 0 Å². The summed E-state index contributed by atoms with van der Waals surface area (Å²) < 4.78 is 0. The van der Waals surface area contributed by atoms with Gasteiger partial charge in [0, 0.05) is 25.2 Å². The number of likely N-dealkylation sites (N-methyl/N-ethyl adjacent to an activating group) is 1. The number of nitrogens with one attached hydrogen (secondary N) is 2. The van der Waals surface area contributed by atoms with Crippen LogP contribution < -0.4 is 10.6 Å². The maximum absolute atomic E-state index is 12.1. The smallest absolute Gasteiger partial charge is 0.251 e. The van der Waals surface area contributed by atoms with E-state index in [4.69, 9.17) is 11.6 Å². The second-order valence-electron chi connectivity index (χ2n) is 4.77. The summed E-state index contributed by atoms with van der Waals surface area (Å²) in [5.41, 5.74) is 0.535. The molecule has 5 nitrogen and oxygen atoms in total. The molecule has 0 radical (unpaired) electrons. The van der Waals surface area contributed by atoms with Crippen molar-refractivity contribution in [2.45, 2.75) is 27.2 Å². The molecule has 2 N–H and O–H groups in total. The number of aromatic nitrogens is 1. The van der Waals surface area contributed by atoms with Gasteiger partial charge in [0.25, 0.3) is 5.91 Å². The molecule has 0 aliphatic carbocycles. The standard InChI is InChI=1S/C15H25ClN4O/c1-4-7-17-14-11-12(10-13(16)19-14)15(21)18-8-9-20(5-2)6-3/h10-11H,4-9H2,1-3H3,(H,17,19)(H,18,21). The number of rotatable bonds is 9. The number of halogens is 1. The Kier molecular flexibility index (Phi) is 8.08. The van der Waals surface area contributed by atoms with Crippen molar-refractivity contribution in [3.05, 3.63) is 22.8 Å². The highest BCUT2D eigenvalue weighted by Gasteiger charge is 2.09. The first-order valence-electron chi connectivity index (χ1n) is 7.52. The molecular weight excluding hydrogens is 288 g/mol. The van der Waals surface area contributed by atoms with Gasteiger partial charge in [-0.1, -0.05) is 32.4 Å². The number of nitrogens with zero attached hydrogens (tertiary/aromatic N) is 2. The summed E-state index contributed by atoms with van der Waals surface area (Å²) in [5, 5.41) is 6.38. The van der Waals surface area contributed by atoms with Crippen LogP contribution in [0.1, 0.15) is 37.6 Å². The number of hydrogen-bond donors (Lipinski definition) is 2. The zero-order chi connectivity index (χ0) is 15.7. The van der Waals surface area contributed by atoms with Crippen LogP contribution in [0.25, 0.3) is 0 Å². The van der Waals surface area contributed by atoms with E-state index in [-0.39, 0.29) is 5.91 Å². The molecule has 0 spiro atoms. The number of carbonyl (C=O) groups is 1. The number of hydrogen-bond acceptors (Lipinski definition) is 4. The molecule has 1 heterocycles. The third-order valence-corrected chi connectivity index (χ3v) is 3.41. The molecule has 6 heteroatoms. The number of pyridine rings is 1. The first kappa shape index (κ1) is 17.7. The summed E-state index contributed by atoms with van der Waals surface area (Å²) in [6, 6.07) is 3.32.